The van der Waals surface area contributed by atoms with Crippen molar-refractivity contribution in [1.29, 1.82) is 0 Å². The van der Waals surface area contributed by atoms with Crippen molar-refractivity contribution in [2.75, 3.05) is 7.11 Å². The van der Waals surface area contributed by atoms with Crippen LogP contribution in [0.1, 0.15) is 33.6 Å². The molecule has 0 heterocycles. The summed E-state index contributed by atoms with van der Waals surface area (Å²) in [6, 6.07) is -2.08. The van der Waals surface area contributed by atoms with Gasteiger partial charge in [-0.3, -0.25) is 19.7 Å². The largest absolute Gasteiger partial charge is 0.381 e. The van der Waals surface area contributed by atoms with Gasteiger partial charge >= 0.3 is 0 Å². The molecule has 120 valence electrons. The van der Waals surface area contributed by atoms with Crippen LogP contribution in [-0.2, 0) is 14.3 Å². The Labute approximate surface area is 122 Å². The highest BCUT2D eigenvalue weighted by molar-refractivity contribution is 5.91. The standard InChI is InChI=1S/C13H21NO7/c1-7(21-4)10-5-12(17,8(2)15)11(14(19)20)13(18,6-10)9(3)16/h7,10-11,17-18H,5-6H2,1-4H3/t7?,10-,11-,12+,13-. The average molecular weight is 303 g/mol. The van der Waals surface area contributed by atoms with Gasteiger partial charge in [-0.1, -0.05) is 0 Å². The minimum atomic E-state index is -2.40. The lowest BCUT2D eigenvalue weighted by molar-refractivity contribution is -0.565. The molecule has 1 aliphatic carbocycles. The molecule has 0 aliphatic heterocycles. The predicted molar refractivity (Wildman–Crippen MR) is 71.2 cm³/mol. The maximum absolute atomic E-state index is 11.8. The SMILES string of the molecule is COC(C)[C@H]1C[C@@](O)(C(C)=O)[C@H]([N+](=O)[O-])[C@@](O)(C(C)=O)C1. The number of ketones is 2. The Morgan fingerprint density at radius 1 is 1.24 bits per heavy atom. The third-order valence-electron chi connectivity index (χ3n) is 4.52. The maximum atomic E-state index is 11.8. The maximum Gasteiger partial charge on any atom is 0.283 e. The molecule has 8 nitrogen and oxygen atoms in total. The highest BCUT2D eigenvalue weighted by atomic mass is 16.6. The molecule has 21 heavy (non-hydrogen) atoms. The molecule has 2 N–H and O–H groups in total. The molecule has 0 aromatic carbocycles. The van der Waals surface area contributed by atoms with Crippen molar-refractivity contribution < 1.29 is 29.5 Å². The van der Waals surface area contributed by atoms with Crippen LogP contribution >= 0.6 is 0 Å². The Morgan fingerprint density at radius 3 is 1.86 bits per heavy atom. The molecule has 1 unspecified atom stereocenters. The average Bonchev–Trinajstić information content (AvgIpc) is 2.35. The van der Waals surface area contributed by atoms with Gasteiger partial charge in [0.15, 0.2) is 22.8 Å². The number of hydrogen-bond donors (Lipinski definition) is 2. The lowest BCUT2D eigenvalue weighted by Crippen LogP contribution is -2.70. The third-order valence-corrected chi connectivity index (χ3v) is 4.52. The van der Waals surface area contributed by atoms with Crippen molar-refractivity contribution in [2.45, 2.75) is 57.0 Å². The molecule has 1 rings (SSSR count). The summed E-state index contributed by atoms with van der Waals surface area (Å²) in [5.41, 5.74) is -4.81. The van der Waals surface area contributed by atoms with Crippen LogP contribution < -0.4 is 0 Å². The quantitative estimate of drug-likeness (QED) is 0.528. The van der Waals surface area contributed by atoms with E-state index in [1.807, 2.05) is 0 Å². The van der Waals surface area contributed by atoms with E-state index in [1.165, 1.54) is 7.11 Å². The molecule has 0 bridgehead atoms. The van der Waals surface area contributed by atoms with Crippen LogP contribution in [0.15, 0.2) is 0 Å². The highest BCUT2D eigenvalue weighted by Gasteiger charge is 2.67. The molecule has 1 fully saturated rings. The van der Waals surface area contributed by atoms with E-state index in [2.05, 4.69) is 0 Å². The summed E-state index contributed by atoms with van der Waals surface area (Å²) in [5.74, 6) is -2.26. The number of nitro groups is 1. The van der Waals surface area contributed by atoms with Crippen molar-refractivity contribution >= 4 is 11.6 Å². The number of rotatable bonds is 5. The van der Waals surface area contributed by atoms with Crippen LogP contribution in [0.2, 0.25) is 0 Å². The van der Waals surface area contributed by atoms with Gasteiger partial charge in [0.1, 0.15) is 0 Å². The van der Waals surface area contributed by atoms with Crippen molar-refractivity contribution in [1.82, 2.24) is 0 Å². The fraction of sp³-hybridized carbons (Fsp3) is 0.846. The first kappa shape index (κ1) is 17.7. The van der Waals surface area contributed by atoms with Gasteiger partial charge < -0.3 is 14.9 Å². The summed E-state index contributed by atoms with van der Waals surface area (Å²) < 4.78 is 5.12. The predicted octanol–water partition coefficient (Wildman–Crippen LogP) is -0.283. The van der Waals surface area contributed by atoms with E-state index >= 15 is 0 Å². The second-order valence-electron chi connectivity index (χ2n) is 5.76. The second-order valence-corrected chi connectivity index (χ2v) is 5.76. The first-order chi connectivity index (χ1) is 9.50. The van der Waals surface area contributed by atoms with E-state index < -0.39 is 45.8 Å². The summed E-state index contributed by atoms with van der Waals surface area (Å²) in [4.78, 5) is 33.9. The number of carbonyl (C=O) groups is 2. The van der Waals surface area contributed by atoms with Crippen LogP contribution in [0.4, 0.5) is 0 Å². The number of methoxy groups -OCH3 is 1. The normalized spacial score (nSPS) is 37.8. The Kier molecular flexibility index (Phi) is 4.87. The monoisotopic (exact) mass is 303 g/mol. The lowest BCUT2D eigenvalue weighted by Gasteiger charge is -2.46. The van der Waals surface area contributed by atoms with Crippen molar-refractivity contribution in [3.8, 4) is 0 Å². The van der Waals surface area contributed by atoms with Crippen molar-refractivity contribution in [3.05, 3.63) is 10.1 Å². The van der Waals surface area contributed by atoms with Crippen LogP contribution in [-0.4, -0.2) is 57.2 Å². The summed E-state index contributed by atoms with van der Waals surface area (Å²) >= 11 is 0. The molecule has 0 radical (unpaired) electrons. The lowest BCUT2D eigenvalue weighted by atomic mass is 9.62. The van der Waals surface area contributed by atoms with Crippen LogP contribution in [0, 0.1) is 16.0 Å². The van der Waals surface area contributed by atoms with E-state index in [0.29, 0.717) is 0 Å². The summed E-state index contributed by atoms with van der Waals surface area (Å²) in [6.07, 6.45) is -0.952. The molecular weight excluding hydrogens is 282 g/mol. The summed E-state index contributed by atoms with van der Waals surface area (Å²) in [6.45, 7) is 3.67. The molecule has 0 amide bonds. The van der Waals surface area contributed by atoms with Gasteiger partial charge in [0.2, 0.25) is 0 Å². The zero-order valence-electron chi connectivity index (χ0n) is 12.5. The Bertz CT molecular complexity index is 435. The number of nitrogens with zero attached hydrogens (tertiary/aromatic N) is 1. The Morgan fingerprint density at radius 2 is 1.62 bits per heavy atom. The number of carbonyl (C=O) groups excluding carboxylic acids is 2. The molecule has 0 saturated heterocycles. The molecule has 1 saturated carbocycles. The smallest absolute Gasteiger partial charge is 0.283 e. The van der Waals surface area contributed by atoms with Gasteiger partial charge in [-0.2, -0.15) is 0 Å². The number of aliphatic hydroxyl groups is 2. The molecule has 0 spiro atoms. The summed E-state index contributed by atoms with van der Waals surface area (Å²) in [5, 5.41) is 32.3. The topological polar surface area (TPSA) is 127 Å². The van der Waals surface area contributed by atoms with E-state index in [9.17, 15) is 29.9 Å². The number of hydrogen-bond acceptors (Lipinski definition) is 7. The number of ether oxygens (including phenoxy) is 1. The molecular formula is C13H21NO7. The van der Waals surface area contributed by atoms with Crippen LogP contribution in [0.25, 0.3) is 0 Å². The van der Waals surface area contributed by atoms with Gasteiger partial charge in [-0.05, 0) is 39.5 Å². The summed E-state index contributed by atoms with van der Waals surface area (Å²) in [7, 11) is 1.41. The molecule has 5 atom stereocenters. The van der Waals surface area contributed by atoms with Gasteiger partial charge in [-0.15, -0.1) is 0 Å². The minimum absolute atomic E-state index is 0.238. The van der Waals surface area contributed by atoms with Crippen molar-refractivity contribution in [2.24, 2.45) is 5.92 Å². The molecule has 0 aromatic heterocycles. The zero-order chi connectivity index (χ0) is 16.6. The van der Waals surface area contributed by atoms with Crippen LogP contribution in [0.5, 0.6) is 0 Å². The minimum Gasteiger partial charge on any atom is -0.381 e. The van der Waals surface area contributed by atoms with E-state index in [1.54, 1.807) is 6.92 Å². The first-order valence-corrected chi connectivity index (χ1v) is 6.63. The van der Waals surface area contributed by atoms with Gasteiger partial charge in [0.05, 0.1) is 6.10 Å². The second kappa shape index (κ2) is 5.78. The molecule has 8 heteroatoms. The Balaban J connectivity index is 3.43. The third kappa shape index (κ3) is 2.83. The van der Waals surface area contributed by atoms with E-state index in [4.69, 9.17) is 4.74 Å². The van der Waals surface area contributed by atoms with Gasteiger partial charge in [0, 0.05) is 12.0 Å². The van der Waals surface area contributed by atoms with Gasteiger partial charge in [0.25, 0.3) is 6.04 Å². The zero-order valence-corrected chi connectivity index (χ0v) is 12.5. The Hall–Kier alpha value is -1.38. The van der Waals surface area contributed by atoms with Gasteiger partial charge in [-0.25, -0.2) is 0 Å². The first-order valence-electron chi connectivity index (χ1n) is 6.63. The fourth-order valence-electron chi connectivity index (χ4n) is 3.04. The molecule has 0 aromatic rings. The highest BCUT2D eigenvalue weighted by Crippen LogP contribution is 2.43. The van der Waals surface area contributed by atoms with Crippen molar-refractivity contribution in [3.63, 3.8) is 0 Å². The van der Waals surface area contributed by atoms with E-state index in [-0.39, 0.29) is 12.8 Å². The number of Topliss-reactive ketones (excluding diaryl/α,β-unsaturated/α-hetero) is 2. The van der Waals surface area contributed by atoms with E-state index in [0.717, 1.165) is 13.8 Å². The fourth-order valence-corrected chi connectivity index (χ4v) is 3.04. The van der Waals surface area contributed by atoms with Crippen LogP contribution in [0.3, 0.4) is 0 Å². The molecule has 1 aliphatic rings.